The molecule has 0 spiro atoms. The van der Waals surface area contributed by atoms with Crippen LogP contribution in [0.4, 0.5) is 0 Å². The lowest BCUT2D eigenvalue weighted by atomic mass is 10.2. The SMILES string of the molecule is Cc1ccc(S(=O)(=O)OC[C@@H]2COCC(=O)N2)cc1. The number of morpholine rings is 1. The van der Waals surface area contributed by atoms with E-state index < -0.39 is 16.2 Å². The van der Waals surface area contributed by atoms with Gasteiger partial charge in [0.15, 0.2) is 0 Å². The van der Waals surface area contributed by atoms with Crippen molar-refractivity contribution in [3.8, 4) is 0 Å². The van der Waals surface area contributed by atoms with Crippen LogP contribution < -0.4 is 5.32 Å². The predicted octanol–water partition coefficient (Wildman–Crippen LogP) is 0.215. The molecule has 1 fully saturated rings. The second kappa shape index (κ2) is 5.68. The molecule has 1 atom stereocenters. The zero-order chi connectivity index (χ0) is 13.9. The van der Waals surface area contributed by atoms with Gasteiger partial charge in [-0.2, -0.15) is 8.42 Å². The third-order valence-electron chi connectivity index (χ3n) is 2.65. The van der Waals surface area contributed by atoms with Gasteiger partial charge in [-0.25, -0.2) is 0 Å². The van der Waals surface area contributed by atoms with Gasteiger partial charge in [-0.3, -0.25) is 8.98 Å². The highest BCUT2D eigenvalue weighted by molar-refractivity contribution is 7.86. The van der Waals surface area contributed by atoms with Gasteiger partial charge < -0.3 is 10.1 Å². The number of amides is 1. The standard InChI is InChI=1S/C12H15NO5S/c1-9-2-4-11(5-3-9)19(15,16)18-7-10-6-17-8-12(14)13-10/h2-5,10H,6-8H2,1H3,(H,13,14)/t10-/m0/s1. The summed E-state index contributed by atoms with van der Waals surface area (Å²) in [6.45, 7) is 1.98. The zero-order valence-corrected chi connectivity index (χ0v) is 11.3. The van der Waals surface area contributed by atoms with Gasteiger partial charge in [0.25, 0.3) is 10.1 Å². The van der Waals surface area contributed by atoms with Gasteiger partial charge in [0.1, 0.15) is 6.61 Å². The number of nitrogens with one attached hydrogen (secondary N) is 1. The van der Waals surface area contributed by atoms with E-state index in [1.807, 2.05) is 6.92 Å². The second-order valence-corrected chi connectivity index (χ2v) is 5.95. The largest absolute Gasteiger partial charge is 0.369 e. The van der Waals surface area contributed by atoms with Crippen molar-refractivity contribution in [1.29, 1.82) is 0 Å². The first-order valence-corrected chi connectivity index (χ1v) is 7.21. The van der Waals surface area contributed by atoms with Gasteiger partial charge in [-0.15, -0.1) is 0 Å². The fourth-order valence-corrected chi connectivity index (χ4v) is 2.59. The van der Waals surface area contributed by atoms with Gasteiger partial charge in [0.05, 0.1) is 24.2 Å². The molecule has 0 aliphatic carbocycles. The molecule has 0 aromatic heterocycles. The Morgan fingerprint density at radius 2 is 2.05 bits per heavy atom. The molecule has 1 heterocycles. The minimum atomic E-state index is -3.80. The quantitative estimate of drug-likeness (QED) is 0.800. The van der Waals surface area contributed by atoms with Crippen molar-refractivity contribution < 1.29 is 22.1 Å². The lowest BCUT2D eigenvalue weighted by molar-refractivity contribution is -0.131. The average Bonchev–Trinajstić information content (AvgIpc) is 2.37. The number of ether oxygens (including phenoxy) is 1. The number of hydrogen-bond donors (Lipinski definition) is 1. The summed E-state index contributed by atoms with van der Waals surface area (Å²) >= 11 is 0. The summed E-state index contributed by atoms with van der Waals surface area (Å²) in [5, 5.41) is 2.60. The molecule has 1 aromatic rings. The van der Waals surface area contributed by atoms with Gasteiger partial charge >= 0.3 is 0 Å². The van der Waals surface area contributed by atoms with Gasteiger partial charge in [-0.05, 0) is 19.1 Å². The highest BCUT2D eigenvalue weighted by Gasteiger charge is 2.22. The summed E-state index contributed by atoms with van der Waals surface area (Å²) in [5.74, 6) is -0.271. The summed E-state index contributed by atoms with van der Waals surface area (Å²) in [5.41, 5.74) is 0.965. The highest BCUT2D eigenvalue weighted by atomic mass is 32.2. The van der Waals surface area contributed by atoms with E-state index in [1.54, 1.807) is 12.1 Å². The normalized spacial score (nSPS) is 20.1. The zero-order valence-electron chi connectivity index (χ0n) is 10.5. The molecule has 1 amide bonds. The van der Waals surface area contributed by atoms with E-state index in [1.165, 1.54) is 12.1 Å². The molecule has 1 aliphatic rings. The first-order valence-electron chi connectivity index (χ1n) is 5.80. The van der Waals surface area contributed by atoms with Crippen molar-refractivity contribution in [3.05, 3.63) is 29.8 Å². The van der Waals surface area contributed by atoms with E-state index in [0.29, 0.717) is 0 Å². The summed E-state index contributed by atoms with van der Waals surface area (Å²) < 4.78 is 33.7. The van der Waals surface area contributed by atoms with Crippen LogP contribution in [0.1, 0.15) is 5.56 Å². The molecule has 1 saturated heterocycles. The minimum Gasteiger partial charge on any atom is -0.369 e. The average molecular weight is 285 g/mol. The Balaban J connectivity index is 1.97. The molecule has 0 radical (unpaired) electrons. The molecule has 1 aromatic carbocycles. The molecule has 2 rings (SSSR count). The van der Waals surface area contributed by atoms with E-state index in [2.05, 4.69) is 5.32 Å². The Kier molecular flexibility index (Phi) is 4.18. The fourth-order valence-electron chi connectivity index (χ4n) is 1.64. The van der Waals surface area contributed by atoms with Crippen LogP contribution >= 0.6 is 0 Å². The molecular formula is C12H15NO5S. The van der Waals surface area contributed by atoms with Gasteiger partial charge in [0, 0.05) is 0 Å². The summed E-state index contributed by atoms with van der Waals surface area (Å²) in [6, 6.07) is 5.92. The van der Waals surface area contributed by atoms with Gasteiger partial charge in [0.2, 0.25) is 5.91 Å². The van der Waals surface area contributed by atoms with Crippen LogP contribution in [0.25, 0.3) is 0 Å². The molecule has 7 heteroatoms. The van der Waals surface area contributed by atoms with Crippen LogP contribution in [-0.2, 0) is 23.8 Å². The third-order valence-corrected chi connectivity index (χ3v) is 3.95. The maximum absolute atomic E-state index is 11.9. The Bertz CT molecular complexity index is 552. The first kappa shape index (κ1) is 14.0. The van der Waals surface area contributed by atoms with Crippen LogP contribution in [0.2, 0.25) is 0 Å². The molecule has 19 heavy (non-hydrogen) atoms. The third kappa shape index (κ3) is 3.76. The predicted molar refractivity (Wildman–Crippen MR) is 67.1 cm³/mol. The number of aryl methyl sites for hydroxylation is 1. The molecule has 6 nitrogen and oxygen atoms in total. The second-order valence-electron chi connectivity index (χ2n) is 4.33. The Morgan fingerprint density at radius 1 is 1.37 bits per heavy atom. The van der Waals surface area contributed by atoms with Crippen molar-refractivity contribution in [1.82, 2.24) is 5.32 Å². The highest BCUT2D eigenvalue weighted by Crippen LogP contribution is 2.13. The number of hydrogen-bond acceptors (Lipinski definition) is 5. The van der Waals surface area contributed by atoms with E-state index in [-0.39, 0.29) is 30.6 Å². The summed E-state index contributed by atoms with van der Waals surface area (Å²) in [4.78, 5) is 11.2. The first-order chi connectivity index (χ1) is 8.97. The number of carbonyl (C=O) groups is 1. The minimum absolute atomic E-state index is 0.00120. The molecule has 1 N–H and O–H groups in total. The topological polar surface area (TPSA) is 81.7 Å². The van der Waals surface area contributed by atoms with E-state index >= 15 is 0 Å². The molecule has 104 valence electrons. The van der Waals surface area contributed by atoms with Crippen LogP contribution in [0.15, 0.2) is 29.2 Å². The fraction of sp³-hybridized carbons (Fsp3) is 0.417. The van der Waals surface area contributed by atoms with E-state index in [4.69, 9.17) is 8.92 Å². The number of benzene rings is 1. The molecule has 0 bridgehead atoms. The van der Waals surface area contributed by atoms with Crippen LogP contribution in [0.5, 0.6) is 0 Å². The Labute approximate surface area is 111 Å². The molecule has 0 saturated carbocycles. The Hall–Kier alpha value is -1.44. The van der Waals surface area contributed by atoms with Crippen molar-refractivity contribution in [2.75, 3.05) is 19.8 Å². The smallest absolute Gasteiger partial charge is 0.297 e. The van der Waals surface area contributed by atoms with Crippen LogP contribution in [0.3, 0.4) is 0 Å². The summed E-state index contributed by atoms with van der Waals surface area (Å²) in [7, 11) is -3.80. The Morgan fingerprint density at radius 3 is 2.68 bits per heavy atom. The van der Waals surface area contributed by atoms with Crippen molar-refractivity contribution in [2.45, 2.75) is 17.9 Å². The molecule has 0 unspecified atom stereocenters. The lowest BCUT2D eigenvalue weighted by Gasteiger charge is -2.22. The van der Waals surface area contributed by atoms with Crippen molar-refractivity contribution in [3.63, 3.8) is 0 Å². The number of carbonyl (C=O) groups excluding carboxylic acids is 1. The van der Waals surface area contributed by atoms with Crippen molar-refractivity contribution >= 4 is 16.0 Å². The molecular weight excluding hydrogens is 270 g/mol. The summed E-state index contributed by atoms with van der Waals surface area (Å²) in [6.07, 6.45) is 0. The monoisotopic (exact) mass is 285 g/mol. The van der Waals surface area contributed by atoms with Crippen LogP contribution in [0, 0.1) is 6.92 Å². The van der Waals surface area contributed by atoms with Crippen LogP contribution in [-0.4, -0.2) is 40.2 Å². The number of rotatable bonds is 4. The van der Waals surface area contributed by atoms with E-state index in [9.17, 15) is 13.2 Å². The maximum Gasteiger partial charge on any atom is 0.297 e. The van der Waals surface area contributed by atoms with Crippen molar-refractivity contribution in [2.24, 2.45) is 0 Å². The van der Waals surface area contributed by atoms with E-state index in [0.717, 1.165) is 5.56 Å². The lowest BCUT2D eigenvalue weighted by Crippen LogP contribution is -2.48. The molecule has 1 aliphatic heterocycles. The van der Waals surface area contributed by atoms with Gasteiger partial charge in [-0.1, -0.05) is 17.7 Å². The maximum atomic E-state index is 11.9.